The molecule has 3 aliphatic rings. The molecule has 4 heterocycles. The molecule has 80 heavy (non-hydrogen) atoms. The fraction of sp³-hybridized carbons (Fsp3) is 0.475. The number of rotatable bonds is 7. The Hall–Kier alpha value is -6.19. The molecule has 0 saturated carbocycles. The highest BCUT2D eigenvalue weighted by atomic mass is 35.5. The third-order valence-corrected chi connectivity index (χ3v) is 9.77. The number of halogens is 3. The van der Waals surface area contributed by atoms with Gasteiger partial charge in [0.1, 0.15) is 5.78 Å². The van der Waals surface area contributed by atoms with Gasteiger partial charge >= 0.3 is 5.97 Å². The van der Waals surface area contributed by atoms with Crippen LogP contribution in [-0.2, 0) is 33.4 Å². The molecule has 8 rings (SSSR count). The van der Waals surface area contributed by atoms with E-state index < -0.39 is 4.92 Å². The van der Waals surface area contributed by atoms with Crippen LogP contribution in [0.1, 0.15) is 104 Å². The van der Waals surface area contributed by atoms with E-state index in [0.29, 0.717) is 37.1 Å². The number of alkyl halides is 2. The number of cyclic esters (lactones) is 1. The maximum absolute atomic E-state index is 10.5. The van der Waals surface area contributed by atoms with Gasteiger partial charge in [-0.3, -0.25) is 29.5 Å². The van der Waals surface area contributed by atoms with Crippen LogP contribution in [0.25, 0.3) is 10.8 Å². The average molecular weight is 1180 g/mol. The number of nitrogens with zero attached hydrogens (tertiary/aromatic N) is 5. The first kappa shape index (κ1) is 85.1. The van der Waals surface area contributed by atoms with E-state index >= 15 is 0 Å². The summed E-state index contributed by atoms with van der Waals surface area (Å²) in [6, 6.07) is 41.2. The lowest BCUT2D eigenvalue weighted by Gasteiger charge is -2.09. The molecular weight excluding hydrogens is 1080 g/mol. The number of likely N-dealkylation sites (tertiary alicyclic amines) is 1. The van der Waals surface area contributed by atoms with Crippen molar-refractivity contribution in [3.63, 3.8) is 0 Å². The number of fused-ring (bicyclic) bond motifs is 1. The molecule has 0 radical (unpaired) electrons. The Morgan fingerprint density at radius 3 is 1.44 bits per heavy atom. The number of aliphatic hydroxyl groups excluding tert-OH is 1. The van der Waals surface area contributed by atoms with Crippen molar-refractivity contribution in [3.05, 3.63) is 154 Å². The Kier molecular flexibility index (Phi) is 75.3. The van der Waals surface area contributed by atoms with Crippen molar-refractivity contribution >= 4 is 75.3 Å². The molecule has 3 N–H and O–H groups in total. The summed E-state index contributed by atoms with van der Waals surface area (Å²) in [5.74, 6) is 1.61. The van der Waals surface area contributed by atoms with E-state index in [9.17, 15) is 19.2 Å². The summed E-state index contributed by atoms with van der Waals surface area (Å²) in [5.41, 5.74) is 7.50. The molecule has 3 fully saturated rings. The topological polar surface area (TPSA) is 229 Å². The van der Waals surface area contributed by atoms with Gasteiger partial charge < -0.3 is 39.6 Å². The van der Waals surface area contributed by atoms with Gasteiger partial charge in [-0.1, -0.05) is 161 Å². The zero-order valence-electron chi connectivity index (χ0n) is 49.6. The maximum Gasteiger partial charge on any atom is 0.305 e. The average Bonchev–Trinajstić information content (AvgIpc) is 4.13. The molecule has 0 bridgehead atoms. The third-order valence-electron chi connectivity index (χ3n) is 8.87. The van der Waals surface area contributed by atoms with Crippen LogP contribution in [0.15, 0.2) is 134 Å². The van der Waals surface area contributed by atoms with Gasteiger partial charge in [-0.05, 0) is 62.4 Å². The molecule has 16 nitrogen and oxygen atoms in total. The smallest absolute Gasteiger partial charge is 0.305 e. The molecule has 4 aromatic carbocycles. The Balaban J connectivity index is -0.000000187. The van der Waals surface area contributed by atoms with E-state index in [1.54, 1.807) is 44.4 Å². The molecule has 2 amide bonds. The molecular formula is C61H95Cl3N6O10. The lowest BCUT2D eigenvalue weighted by molar-refractivity contribution is -0.445. The number of unbranched alkanes of at least 4 members (excludes halogenated alkanes) is 4. The summed E-state index contributed by atoms with van der Waals surface area (Å²) in [4.78, 5) is 55.1. The van der Waals surface area contributed by atoms with E-state index in [-0.39, 0.29) is 11.8 Å². The number of nitrogen functional groups attached to an aromatic ring is 1. The van der Waals surface area contributed by atoms with Gasteiger partial charge in [0.15, 0.2) is 7.05 Å². The van der Waals surface area contributed by atoms with Crippen molar-refractivity contribution in [2.75, 3.05) is 92.4 Å². The summed E-state index contributed by atoms with van der Waals surface area (Å²) in [6.07, 6.45) is 15.3. The van der Waals surface area contributed by atoms with E-state index in [1.165, 1.54) is 54.9 Å². The molecule has 19 heteroatoms. The van der Waals surface area contributed by atoms with Crippen molar-refractivity contribution in [1.29, 1.82) is 5.26 Å². The molecule has 3 aliphatic heterocycles. The van der Waals surface area contributed by atoms with E-state index in [1.807, 2.05) is 111 Å². The number of ketones is 1. The molecule has 0 atom stereocenters. The lowest BCUT2D eigenvalue weighted by atomic mass is 10.1. The molecule has 450 valence electrons. The van der Waals surface area contributed by atoms with E-state index in [2.05, 4.69) is 54.8 Å². The van der Waals surface area contributed by atoms with Crippen molar-refractivity contribution in [2.24, 2.45) is 0 Å². The number of aliphatic hydroxyl groups is 1. The SMILES string of the molecule is C1COCCO1.CC#N.CCC(C)=O.CCCCCCC.CN(C)C=O.CN1CCCC1=O.CO.C[N+](=O)[O-].Cc1ccccc1.ClCCCl.Clc1cccc2ccccc12.Nc1ccccc1.O=C1CCCO1.c1ccncc1. The molecule has 0 unspecified atom stereocenters. The van der Waals surface area contributed by atoms with Crippen molar-refractivity contribution in [1.82, 2.24) is 14.8 Å². The van der Waals surface area contributed by atoms with Crippen molar-refractivity contribution in [2.45, 2.75) is 106 Å². The quantitative estimate of drug-likeness (QED) is 0.0294. The minimum atomic E-state index is -0.500. The van der Waals surface area contributed by atoms with Gasteiger partial charge in [0, 0.05) is 106 Å². The van der Waals surface area contributed by atoms with Gasteiger partial charge in [-0.25, -0.2) is 0 Å². The molecule has 0 spiro atoms. The summed E-state index contributed by atoms with van der Waals surface area (Å²) >= 11 is 16.1. The highest BCUT2D eigenvalue weighted by Crippen LogP contribution is 2.22. The molecule has 0 aliphatic carbocycles. The number of benzene rings is 4. The minimum absolute atomic E-state index is 0.0463. The number of pyridine rings is 1. The molecule has 1 aromatic heterocycles. The minimum Gasteiger partial charge on any atom is -0.466 e. The summed E-state index contributed by atoms with van der Waals surface area (Å²) in [7, 11) is 7.11. The highest BCUT2D eigenvalue weighted by Gasteiger charge is 2.14. The Bertz CT molecular complexity index is 2040. The number of Topliss-reactive ketones (excluding diaryl/α,β-unsaturated/α-hetero) is 1. The van der Waals surface area contributed by atoms with Gasteiger partial charge in [0.2, 0.25) is 12.3 Å². The highest BCUT2D eigenvalue weighted by molar-refractivity contribution is 6.35. The van der Waals surface area contributed by atoms with Crippen LogP contribution in [0.4, 0.5) is 5.69 Å². The monoisotopic (exact) mass is 1180 g/mol. The van der Waals surface area contributed by atoms with Crippen LogP contribution in [-0.4, -0.2) is 136 Å². The standard InChI is InChI=1S/C10H7Cl.C7H8.C7H16.C6H7N.C5H9NO.C5H5N.C4H8O2.C4H6O2.C4H8O.C3H7NO.C2H4Cl2.C2H3N.CH3NO2.CH4O/c11-10-7-3-5-8-4-1-2-6-9(8)10;1-7-5-3-2-4-6-7;1-3-5-7-6-4-2;7-6-4-2-1-3-5-6;1-6-4-2-3-5(6)7;1-2-4-6-5-3-1;1-2-6-4-3-5-1;5-4-2-1-3-6-4;1-3-4(2)5;1-4(2)3-5;3-1-2-4;1-2-3;1-2(3)4;1-2/h1-7H;2-6H,1H3;3-7H2,1-2H3;1-5H,7H2;2-4H2,1H3;1-5H;1-4H2;1-3H2;3H2,1-2H3;3H,1-2H3;1-2H2;1H3;1H3;2H,1H3. The first-order chi connectivity index (χ1) is 38.4. The zero-order chi connectivity index (χ0) is 61.9. The number of aromatic nitrogens is 1. The van der Waals surface area contributed by atoms with Crippen LogP contribution in [0, 0.1) is 28.4 Å². The zero-order valence-corrected chi connectivity index (χ0v) is 51.8. The van der Waals surface area contributed by atoms with Gasteiger partial charge in [0.05, 0.1) is 39.1 Å². The summed E-state index contributed by atoms with van der Waals surface area (Å²) in [6.45, 7) is 16.1. The predicted molar refractivity (Wildman–Crippen MR) is 333 cm³/mol. The number of carbonyl (C=O) groups excluding carboxylic acids is 4. The van der Waals surface area contributed by atoms with E-state index in [0.717, 1.165) is 88.9 Å². The van der Waals surface area contributed by atoms with Crippen molar-refractivity contribution in [3.8, 4) is 6.07 Å². The number of para-hydroxylation sites is 1. The second-order valence-corrected chi connectivity index (χ2v) is 17.4. The lowest BCUT2D eigenvalue weighted by Crippen LogP contribution is -2.17. The number of nitriles is 1. The number of aryl methyl sites for hydroxylation is 1. The Morgan fingerprint density at radius 2 is 1.21 bits per heavy atom. The van der Waals surface area contributed by atoms with Gasteiger partial charge in [0.25, 0.3) is 0 Å². The van der Waals surface area contributed by atoms with Crippen LogP contribution >= 0.6 is 34.8 Å². The number of anilines is 1. The van der Waals surface area contributed by atoms with E-state index in [4.69, 9.17) is 70.5 Å². The number of hydrogen-bond acceptors (Lipinski definition) is 13. The fourth-order valence-electron chi connectivity index (χ4n) is 4.86. The van der Waals surface area contributed by atoms with Gasteiger partial charge in [-0.2, -0.15) is 5.26 Å². The largest absolute Gasteiger partial charge is 0.466 e. The summed E-state index contributed by atoms with van der Waals surface area (Å²) < 4.78 is 14.4. The van der Waals surface area contributed by atoms with Crippen LogP contribution in [0.5, 0.6) is 0 Å². The van der Waals surface area contributed by atoms with Crippen LogP contribution in [0.3, 0.4) is 0 Å². The number of nitro groups is 1. The Labute approximate surface area is 495 Å². The predicted octanol–water partition coefficient (Wildman–Crippen LogP) is 13.6. The number of nitrogens with two attached hydrogens (primary N) is 1. The second kappa shape index (κ2) is 70.8. The number of carbonyl (C=O) groups is 4. The van der Waals surface area contributed by atoms with Crippen LogP contribution in [0.2, 0.25) is 5.02 Å². The number of esters is 1. The third kappa shape index (κ3) is 76.0. The number of hydrogen-bond donors (Lipinski definition) is 2. The first-order valence-electron chi connectivity index (χ1n) is 26.3. The second-order valence-electron chi connectivity index (χ2n) is 16.2. The fourth-order valence-corrected chi connectivity index (χ4v) is 5.11. The number of ether oxygens (including phenoxy) is 3. The molecule has 5 aromatic rings. The van der Waals surface area contributed by atoms with Gasteiger partial charge in [-0.15, -0.1) is 23.2 Å². The number of amides is 2. The normalized spacial score (nSPS) is 11.3. The Morgan fingerprint density at radius 1 is 0.787 bits per heavy atom. The maximum atomic E-state index is 10.5. The summed E-state index contributed by atoms with van der Waals surface area (Å²) in [5, 5.41) is 26.3. The van der Waals surface area contributed by atoms with Crippen molar-refractivity contribution < 1.29 is 43.4 Å². The molecule has 3 saturated heterocycles. The van der Waals surface area contributed by atoms with Crippen LogP contribution < -0.4 is 5.73 Å². The first-order valence-corrected chi connectivity index (χ1v) is 27.8.